The van der Waals surface area contributed by atoms with E-state index in [0.717, 1.165) is 42.4 Å². The predicted octanol–water partition coefficient (Wildman–Crippen LogP) is 10.9. The molecule has 0 bridgehead atoms. The standard InChI is InChI=1S/C35H62O3/c1-6-8-9-10-11-12-13-14-15-16-17-18-19-20-21-22-23-24-25-31(34(37)38)27-29-26-30(7-2)33(36)32(28-29)35(3,4)5/h26,28,31,36H,6-25,27H2,1-5H3,(H,37,38). The molecule has 0 aliphatic heterocycles. The van der Waals surface area contributed by atoms with E-state index in [0.29, 0.717) is 12.2 Å². The number of hydrogen-bond acceptors (Lipinski definition) is 2. The summed E-state index contributed by atoms with van der Waals surface area (Å²) in [5.74, 6) is -0.669. The number of rotatable bonds is 23. The Hall–Kier alpha value is -1.51. The van der Waals surface area contributed by atoms with Gasteiger partial charge in [0.05, 0.1) is 5.92 Å². The Morgan fingerprint density at radius 3 is 1.50 bits per heavy atom. The molecule has 0 fully saturated rings. The van der Waals surface area contributed by atoms with Gasteiger partial charge in [0, 0.05) is 0 Å². The third kappa shape index (κ3) is 15.2. The van der Waals surface area contributed by atoms with Crippen LogP contribution >= 0.6 is 0 Å². The van der Waals surface area contributed by atoms with Crippen molar-refractivity contribution in [3.63, 3.8) is 0 Å². The first-order valence-electron chi connectivity index (χ1n) is 16.3. The Labute approximate surface area is 236 Å². The van der Waals surface area contributed by atoms with Crippen LogP contribution in [-0.2, 0) is 23.1 Å². The van der Waals surface area contributed by atoms with E-state index in [1.807, 2.05) is 19.1 Å². The van der Waals surface area contributed by atoms with Gasteiger partial charge in [0.1, 0.15) is 5.75 Å². The van der Waals surface area contributed by atoms with Crippen molar-refractivity contribution < 1.29 is 15.0 Å². The molecule has 0 saturated heterocycles. The Morgan fingerprint density at radius 2 is 1.13 bits per heavy atom. The second-order valence-electron chi connectivity index (χ2n) is 12.8. The maximum Gasteiger partial charge on any atom is 0.306 e. The van der Waals surface area contributed by atoms with Crippen LogP contribution in [0.3, 0.4) is 0 Å². The fourth-order valence-corrected chi connectivity index (χ4v) is 5.61. The Bertz CT molecular complexity index is 746. The largest absolute Gasteiger partial charge is 0.507 e. The number of phenolic OH excluding ortho intramolecular Hbond substituents is 1. The molecule has 0 saturated carbocycles. The maximum absolute atomic E-state index is 12.0. The molecule has 0 amide bonds. The van der Waals surface area contributed by atoms with Gasteiger partial charge in [-0.1, -0.05) is 162 Å². The molecule has 1 unspecified atom stereocenters. The molecule has 2 N–H and O–H groups in total. The Balaban J connectivity index is 2.16. The summed E-state index contributed by atoms with van der Waals surface area (Å²) >= 11 is 0. The Morgan fingerprint density at radius 1 is 0.711 bits per heavy atom. The number of aryl methyl sites for hydroxylation is 1. The average Bonchev–Trinajstić information content (AvgIpc) is 2.87. The van der Waals surface area contributed by atoms with Gasteiger partial charge in [-0.3, -0.25) is 4.79 Å². The van der Waals surface area contributed by atoms with Crippen molar-refractivity contribution in [1.82, 2.24) is 0 Å². The van der Waals surface area contributed by atoms with E-state index in [-0.39, 0.29) is 11.3 Å². The predicted molar refractivity (Wildman–Crippen MR) is 164 cm³/mol. The first-order chi connectivity index (χ1) is 18.2. The van der Waals surface area contributed by atoms with Crippen LogP contribution in [0.4, 0.5) is 0 Å². The number of carboxylic acids is 1. The molecular formula is C35H62O3. The van der Waals surface area contributed by atoms with E-state index in [1.165, 1.54) is 103 Å². The number of unbranched alkanes of at least 4 members (excludes halogenated alkanes) is 17. The average molecular weight is 531 g/mol. The number of carboxylic acid groups (broad SMARTS) is 1. The van der Waals surface area contributed by atoms with Crippen LogP contribution in [0.2, 0.25) is 0 Å². The highest BCUT2D eigenvalue weighted by molar-refractivity contribution is 5.70. The van der Waals surface area contributed by atoms with Crippen molar-refractivity contribution in [2.24, 2.45) is 5.92 Å². The van der Waals surface area contributed by atoms with Crippen molar-refractivity contribution in [3.8, 4) is 5.75 Å². The molecule has 1 aromatic rings. The summed E-state index contributed by atoms with van der Waals surface area (Å²) in [6.45, 7) is 10.6. The summed E-state index contributed by atoms with van der Waals surface area (Å²) in [6, 6.07) is 4.04. The molecule has 220 valence electrons. The van der Waals surface area contributed by atoms with Crippen LogP contribution in [0.5, 0.6) is 5.75 Å². The van der Waals surface area contributed by atoms with Crippen LogP contribution < -0.4 is 0 Å². The molecule has 1 aromatic carbocycles. The zero-order valence-electron chi connectivity index (χ0n) is 25.9. The highest BCUT2D eigenvalue weighted by Gasteiger charge is 2.23. The summed E-state index contributed by atoms with van der Waals surface area (Å²) in [4.78, 5) is 12.0. The SMILES string of the molecule is CCCCCCCCCCCCCCCCCCCCC(Cc1cc(CC)c(O)c(C(C)(C)C)c1)C(=O)O. The van der Waals surface area contributed by atoms with Crippen LogP contribution in [0.15, 0.2) is 12.1 Å². The fraction of sp³-hybridized carbons (Fsp3) is 0.800. The lowest BCUT2D eigenvalue weighted by atomic mass is 9.82. The second-order valence-corrected chi connectivity index (χ2v) is 12.8. The van der Waals surface area contributed by atoms with Gasteiger partial charge in [0.25, 0.3) is 0 Å². The maximum atomic E-state index is 12.0. The van der Waals surface area contributed by atoms with Gasteiger partial charge in [-0.15, -0.1) is 0 Å². The summed E-state index contributed by atoms with van der Waals surface area (Å²) in [5.41, 5.74) is 2.71. The van der Waals surface area contributed by atoms with Gasteiger partial charge in [0.15, 0.2) is 0 Å². The fourth-order valence-electron chi connectivity index (χ4n) is 5.61. The minimum atomic E-state index is -0.694. The minimum Gasteiger partial charge on any atom is -0.507 e. The van der Waals surface area contributed by atoms with Crippen molar-refractivity contribution in [2.45, 2.75) is 175 Å². The van der Waals surface area contributed by atoms with Crippen LogP contribution in [0.1, 0.15) is 173 Å². The van der Waals surface area contributed by atoms with E-state index in [1.54, 1.807) is 0 Å². The zero-order valence-corrected chi connectivity index (χ0v) is 25.9. The second kappa shape index (κ2) is 20.4. The summed E-state index contributed by atoms with van der Waals surface area (Å²) < 4.78 is 0. The van der Waals surface area contributed by atoms with Gasteiger partial charge in [-0.05, 0) is 41.4 Å². The van der Waals surface area contributed by atoms with Gasteiger partial charge in [0.2, 0.25) is 0 Å². The minimum absolute atomic E-state index is 0.171. The van der Waals surface area contributed by atoms with Crippen LogP contribution in [-0.4, -0.2) is 16.2 Å². The number of phenols is 1. The van der Waals surface area contributed by atoms with Crippen molar-refractivity contribution in [1.29, 1.82) is 0 Å². The molecule has 3 nitrogen and oxygen atoms in total. The van der Waals surface area contributed by atoms with E-state index >= 15 is 0 Å². The lowest BCUT2D eigenvalue weighted by Crippen LogP contribution is -2.18. The highest BCUT2D eigenvalue weighted by Crippen LogP contribution is 2.35. The van der Waals surface area contributed by atoms with Gasteiger partial charge < -0.3 is 10.2 Å². The summed E-state index contributed by atoms with van der Waals surface area (Å²) in [5, 5.41) is 20.5. The molecule has 0 aliphatic rings. The van der Waals surface area contributed by atoms with Crippen molar-refractivity contribution in [2.75, 3.05) is 0 Å². The van der Waals surface area contributed by atoms with E-state index in [4.69, 9.17) is 0 Å². The number of aromatic hydroxyl groups is 1. The molecule has 0 radical (unpaired) electrons. The number of hydrogen-bond donors (Lipinski definition) is 2. The van der Waals surface area contributed by atoms with Crippen molar-refractivity contribution in [3.05, 3.63) is 28.8 Å². The summed E-state index contributed by atoms with van der Waals surface area (Å²) in [7, 11) is 0. The number of benzene rings is 1. The lowest BCUT2D eigenvalue weighted by Gasteiger charge is -2.24. The van der Waals surface area contributed by atoms with Crippen LogP contribution in [0, 0.1) is 5.92 Å². The monoisotopic (exact) mass is 530 g/mol. The Kier molecular flexibility index (Phi) is 18.5. The molecule has 0 spiro atoms. The van der Waals surface area contributed by atoms with Gasteiger partial charge in [-0.25, -0.2) is 0 Å². The first kappa shape index (κ1) is 34.5. The first-order valence-corrected chi connectivity index (χ1v) is 16.3. The lowest BCUT2D eigenvalue weighted by molar-refractivity contribution is -0.142. The molecule has 0 aromatic heterocycles. The molecule has 3 heteroatoms. The zero-order chi connectivity index (χ0) is 28.2. The third-order valence-electron chi connectivity index (χ3n) is 8.18. The molecule has 0 aliphatic carbocycles. The van der Waals surface area contributed by atoms with Crippen LogP contribution in [0.25, 0.3) is 0 Å². The van der Waals surface area contributed by atoms with Crippen molar-refractivity contribution >= 4 is 5.97 Å². The van der Waals surface area contributed by atoms with Gasteiger partial charge >= 0.3 is 5.97 Å². The highest BCUT2D eigenvalue weighted by atomic mass is 16.4. The number of aliphatic carboxylic acids is 1. The molecular weight excluding hydrogens is 468 g/mol. The normalized spacial score (nSPS) is 12.7. The van der Waals surface area contributed by atoms with E-state index < -0.39 is 5.97 Å². The topological polar surface area (TPSA) is 57.5 Å². The molecule has 0 heterocycles. The smallest absolute Gasteiger partial charge is 0.306 e. The summed E-state index contributed by atoms with van der Waals surface area (Å²) in [6.07, 6.45) is 26.3. The van der Waals surface area contributed by atoms with E-state index in [9.17, 15) is 15.0 Å². The molecule has 1 rings (SSSR count). The molecule has 38 heavy (non-hydrogen) atoms. The molecule has 1 atom stereocenters. The quantitative estimate of drug-likeness (QED) is 0.138. The van der Waals surface area contributed by atoms with E-state index in [2.05, 4.69) is 27.7 Å². The third-order valence-corrected chi connectivity index (χ3v) is 8.18. The van der Waals surface area contributed by atoms with Gasteiger partial charge in [-0.2, -0.15) is 0 Å². The number of carbonyl (C=O) groups is 1.